The lowest BCUT2D eigenvalue weighted by Crippen LogP contribution is -2.08. The normalized spacial score (nSPS) is 9.88. The molecule has 16 heavy (non-hydrogen) atoms. The summed E-state index contributed by atoms with van der Waals surface area (Å²) in [6, 6.07) is 4.59. The summed E-state index contributed by atoms with van der Waals surface area (Å²) in [6.07, 6.45) is 0. The van der Waals surface area contributed by atoms with E-state index in [1.165, 1.54) is 26.2 Å². The molecule has 1 amide bonds. The number of carbonyl (C=O) groups excluding carboxylic acids is 1. The van der Waals surface area contributed by atoms with Crippen molar-refractivity contribution >= 4 is 17.6 Å². The fourth-order valence-electron chi connectivity index (χ4n) is 1.34. The molecule has 5 heteroatoms. The number of carboxylic acid groups (broad SMARTS) is 1. The van der Waals surface area contributed by atoms with Crippen molar-refractivity contribution in [2.75, 3.05) is 12.4 Å². The van der Waals surface area contributed by atoms with E-state index in [9.17, 15) is 9.59 Å². The van der Waals surface area contributed by atoms with Gasteiger partial charge in [-0.15, -0.1) is 0 Å². The lowest BCUT2D eigenvalue weighted by Gasteiger charge is -2.07. The second kappa shape index (κ2) is 5.27. The van der Waals surface area contributed by atoms with Crippen LogP contribution in [0.25, 0.3) is 0 Å². The molecule has 0 fully saturated rings. The number of rotatable bonds is 4. The van der Waals surface area contributed by atoms with Crippen LogP contribution in [-0.4, -0.2) is 24.1 Å². The predicted octanol–water partition coefficient (Wildman–Crippen LogP) is 1.49. The zero-order valence-corrected chi connectivity index (χ0v) is 9.11. The Kier molecular flexibility index (Phi) is 4.02. The monoisotopic (exact) mass is 223 g/mol. The van der Waals surface area contributed by atoms with Gasteiger partial charge in [-0.1, -0.05) is 0 Å². The van der Waals surface area contributed by atoms with Gasteiger partial charge in [0, 0.05) is 19.7 Å². The van der Waals surface area contributed by atoms with E-state index in [1.54, 1.807) is 6.07 Å². The molecule has 0 unspecified atom stereocenters. The largest absolute Gasteiger partial charge is 0.478 e. The average Bonchev–Trinajstić information content (AvgIpc) is 2.16. The summed E-state index contributed by atoms with van der Waals surface area (Å²) in [5.41, 5.74) is 1.28. The molecule has 0 saturated carbocycles. The first-order chi connectivity index (χ1) is 7.52. The average molecular weight is 223 g/mol. The highest BCUT2D eigenvalue weighted by Gasteiger charge is 2.07. The van der Waals surface area contributed by atoms with E-state index in [4.69, 9.17) is 9.84 Å². The van der Waals surface area contributed by atoms with E-state index >= 15 is 0 Å². The van der Waals surface area contributed by atoms with Crippen LogP contribution in [0.2, 0.25) is 0 Å². The molecule has 2 N–H and O–H groups in total. The molecule has 0 spiro atoms. The summed E-state index contributed by atoms with van der Waals surface area (Å²) in [5, 5.41) is 11.4. The van der Waals surface area contributed by atoms with Gasteiger partial charge in [0.1, 0.15) is 0 Å². The van der Waals surface area contributed by atoms with Gasteiger partial charge in [0.25, 0.3) is 0 Å². The fourth-order valence-corrected chi connectivity index (χ4v) is 1.34. The third-order valence-electron chi connectivity index (χ3n) is 1.87. The molecule has 0 heterocycles. The molecule has 0 atom stereocenters. The Bertz CT molecular complexity index is 414. The van der Waals surface area contributed by atoms with Crippen molar-refractivity contribution in [2.24, 2.45) is 0 Å². The first-order valence-corrected chi connectivity index (χ1v) is 4.66. The molecule has 0 aliphatic heterocycles. The number of ether oxygens (including phenoxy) is 1. The van der Waals surface area contributed by atoms with Crippen molar-refractivity contribution in [1.82, 2.24) is 0 Å². The number of carboxylic acids is 1. The van der Waals surface area contributed by atoms with E-state index in [0.717, 1.165) is 0 Å². The zero-order valence-electron chi connectivity index (χ0n) is 9.11. The Morgan fingerprint density at radius 3 is 2.56 bits per heavy atom. The van der Waals surface area contributed by atoms with Gasteiger partial charge in [-0.3, -0.25) is 4.79 Å². The minimum atomic E-state index is -1.04. The number of hydrogen-bond acceptors (Lipinski definition) is 3. The molecule has 0 radical (unpaired) electrons. The van der Waals surface area contributed by atoms with Crippen LogP contribution in [0, 0.1) is 0 Å². The van der Waals surface area contributed by atoms with Crippen LogP contribution in [0.5, 0.6) is 0 Å². The summed E-state index contributed by atoms with van der Waals surface area (Å²) in [7, 11) is 1.52. The summed E-state index contributed by atoms with van der Waals surface area (Å²) in [4.78, 5) is 21.7. The third-order valence-corrected chi connectivity index (χ3v) is 1.87. The third kappa shape index (κ3) is 3.36. The second-order valence-electron chi connectivity index (χ2n) is 3.34. The van der Waals surface area contributed by atoms with Gasteiger partial charge in [-0.05, 0) is 23.8 Å². The topological polar surface area (TPSA) is 75.6 Å². The van der Waals surface area contributed by atoms with Crippen molar-refractivity contribution in [1.29, 1.82) is 0 Å². The Balaban J connectivity index is 3.07. The summed E-state index contributed by atoms with van der Waals surface area (Å²) in [5.74, 6) is -1.28. The lowest BCUT2D eigenvalue weighted by atomic mass is 10.1. The smallest absolute Gasteiger partial charge is 0.335 e. The van der Waals surface area contributed by atoms with Crippen LogP contribution < -0.4 is 5.32 Å². The molecule has 5 nitrogen and oxygen atoms in total. The second-order valence-corrected chi connectivity index (χ2v) is 3.34. The number of benzene rings is 1. The molecule has 0 aromatic heterocycles. The summed E-state index contributed by atoms with van der Waals surface area (Å²) >= 11 is 0. The molecule has 0 aliphatic rings. The van der Waals surface area contributed by atoms with Gasteiger partial charge < -0.3 is 15.2 Å². The number of anilines is 1. The van der Waals surface area contributed by atoms with Gasteiger partial charge in [0.15, 0.2) is 0 Å². The number of nitrogens with one attached hydrogen (secondary N) is 1. The number of carbonyl (C=O) groups is 2. The quantitative estimate of drug-likeness (QED) is 0.810. The first kappa shape index (κ1) is 12.2. The van der Waals surface area contributed by atoms with Crippen LogP contribution in [0.3, 0.4) is 0 Å². The first-order valence-electron chi connectivity index (χ1n) is 4.66. The Morgan fingerprint density at radius 2 is 2.06 bits per heavy atom. The standard InChI is InChI=1S/C11H13NO4/c1-7(13)12-10-4-8(6-16-2)3-9(5-10)11(14)15/h3-5H,6H2,1-2H3,(H,12,13)(H,14,15). The van der Waals surface area contributed by atoms with Crippen LogP contribution in [-0.2, 0) is 16.1 Å². The maximum absolute atomic E-state index is 10.9. The Hall–Kier alpha value is -1.88. The number of amides is 1. The fraction of sp³-hybridized carbons (Fsp3) is 0.273. The van der Waals surface area contributed by atoms with Gasteiger partial charge in [-0.25, -0.2) is 4.79 Å². The van der Waals surface area contributed by atoms with Crippen LogP contribution in [0.15, 0.2) is 18.2 Å². The molecule has 0 bridgehead atoms. The van der Waals surface area contributed by atoms with E-state index in [-0.39, 0.29) is 11.5 Å². The van der Waals surface area contributed by atoms with Crippen LogP contribution >= 0.6 is 0 Å². The maximum Gasteiger partial charge on any atom is 0.335 e. The number of hydrogen-bond donors (Lipinski definition) is 2. The van der Waals surface area contributed by atoms with Gasteiger partial charge in [0.05, 0.1) is 12.2 Å². The molecule has 1 aromatic rings. The minimum absolute atomic E-state index is 0.123. The highest BCUT2D eigenvalue weighted by atomic mass is 16.5. The summed E-state index contributed by atoms with van der Waals surface area (Å²) < 4.78 is 4.92. The van der Waals surface area contributed by atoms with E-state index in [2.05, 4.69) is 5.32 Å². The number of aromatic carboxylic acids is 1. The van der Waals surface area contributed by atoms with Crippen molar-refractivity contribution in [3.05, 3.63) is 29.3 Å². The van der Waals surface area contributed by atoms with Gasteiger partial charge >= 0.3 is 5.97 Å². The van der Waals surface area contributed by atoms with E-state index in [1.807, 2.05) is 0 Å². The molecule has 1 aromatic carbocycles. The highest BCUT2D eigenvalue weighted by Crippen LogP contribution is 2.16. The lowest BCUT2D eigenvalue weighted by molar-refractivity contribution is -0.114. The van der Waals surface area contributed by atoms with Crippen LogP contribution in [0.1, 0.15) is 22.8 Å². The number of methoxy groups -OCH3 is 1. The van der Waals surface area contributed by atoms with Gasteiger partial charge in [-0.2, -0.15) is 0 Å². The van der Waals surface area contributed by atoms with E-state index < -0.39 is 5.97 Å². The predicted molar refractivity (Wildman–Crippen MR) is 58.4 cm³/mol. The van der Waals surface area contributed by atoms with Crippen LogP contribution in [0.4, 0.5) is 5.69 Å². The highest BCUT2D eigenvalue weighted by molar-refractivity contribution is 5.93. The van der Waals surface area contributed by atoms with Crippen molar-refractivity contribution in [2.45, 2.75) is 13.5 Å². The SMILES string of the molecule is COCc1cc(NC(C)=O)cc(C(=O)O)c1. The van der Waals surface area contributed by atoms with Crippen molar-refractivity contribution < 1.29 is 19.4 Å². The molecule has 0 aliphatic carbocycles. The van der Waals surface area contributed by atoms with Crippen molar-refractivity contribution in [3.8, 4) is 0 Å². The molecule has 1 rings (SSSR count). The minimum Gasteiger partial charge on any atom is -0.478 e. The zero-order chi connectivity index (χ0) is 12.1. The molecular formula is C11H13NO4. The van der Waals surface area contributed by atoms with Crippen molar-refractivity contribution in [3.63, 3.8) is 0 Å². The molecule has 0 saturated heterocycles. The van der Waals surface area contributed by atoms with Gasteiger partial charge in [0.2, 0.25) is 5.91 Å². The van der Waals surface area contributed by atoms with E-state index in [0.29, 0.717) is 17.9 Å². The molecular weight excluding hydrogens is 210 g/mol. The Morgan fingerprint density at radius 1 is 1.38 bits per heavy atom. The maximum atomic E-state index is 10.9. The Labute approximate surface area is 93.0 Å². The molecule has 86 valence electrons. The summed E-state index contributed by atoms with van der Waals surface area (Å²) in [6.45, 7) is 1.66.